The zero-order valence-corrected chi connectivity index (χ0v) is 8.96. The molecule has 0 fully saturated rings. The van der Waals surface area contributed by atoms with Gasteiger partial charge in [0.25, 0.3) is 5.91 Å². The number of methoxy groups -OCH3 is 1. The molecule has 15 heavy (non-hydrogen) atoms. The first-order valence-electron chi connectivity index (χ1n) is 4.50. The zero-order valence-electron chi connectivity index (χ0n) is 8.96. The molecule has 0 radical (unpaired) electrons. The average molecular weight is 207 g/mol. The molecule has 0 aromatic heterocycles. The molecule has 0 bridgehead atoms. The Labute approximate surface area is 88.2 Å². The van der Waals surface area contributed by atoms with E-state index in [1.807, 2.05) is 19.9 Å². The molecule has 80 valence electrons. The predicted molar refractivity (Wildman–Crippen MR) is 57.2 cm³/mol. The quantitative estimate of drug-likeness (QED) is 0.603. The van der Waals surface area contributed by atoms with Crippen molar-refractivity contribution in [3.8, 4) is 5.75 Å². The predicted octanol–water partition coefficient (Wildman–Crippen LogP) is 1.45. The number of ether oxygens (including phenoxy) is 1. The molecule has 1 rings (SSSR count). The molecule has 0 aliphatic rings. The first-order valence-corrected chi connectivity index (χ1v) is 4.50. The van der Waals surface area contributed by atoms with E-state index in [2.05, 4.69) is 5.32 Å². The molecule has 0 atom stereocenters. The molecule has 1 amide bonds. The van der Waals surface area contributed by atoms with Crippen LogP contribution in [0, 0.1) is 13.8 Å². The van der Waals surface area contributed by atoms with Crippen molar-refractivity contribution in [1.82, 2.24) is 0 Å². The summed E-state index contributed by atoms with van der Waals surface area (Å²) in [5.41, 5.74) is 2.43. The number of hydrogen-bond acceptors (Lipinski definition) is 3. The van der Waals surface area contributed by atoms with Crippen molar-refractivity contribution in [2.45, 2.75) is 13.8 Å². The van der Waals surface area contributed by atoms with E-state index in [0.717, 1.165) is 11.1 Å². The van der Waals surface area contributed by atoms with E-state index in [1.54, 1.807) is 6.07 Å². The van der Waals surface area contributed by atoms with Crippen LogP contribution in [-0.4, -0.2) is 19.3 Å². The second-order valence-corrected chi connectivity index (χ2v) is 3.27. The molecule has 1 N–H and O–H groups in total. The summed E-state index contributed by atoms with van der Waals surface area (Å²) in [4.78, 5) is 21.2. The number of aldehydes is 1. The molecule has 0 spiro atoms. The Balaban J connectivity index is 3.14. The van der Waals surface area contributed by atoms with Crippen LogP contribution in [-0.2, 0) is 9.59 Å². The lowest BCUT2D eigenvalue weighted by Gasteiger charge is -2.12. The molecular formula is C11H13NO3. The van der Waals surface area contributed by atoms with Gasteiger partial charge in [0.2, 0.25) is 6.29 Å². The Bertz CT molecular complexity index is 399. The minimum Gasteiger partial charge on any atom is -0.494 e. The van der Waals surface area contributed by atoms with Crippen molar-refractivity contribution in [2.24, 2.45) is 0 Å². The molecule has 0 unspecified atom stereocenters. The Morgan fingerprint density at radius 3 is 2.60 bits per heavy atom. The maximum absolute atomic E-state index is 10.9. The number of aryl methyl sites for hydroxylation is 2. The average Bonchev–Trinajstić information content (AvgIpc) is 2.17. The van der Waals surface area contributed by atoms with Crippen LogP contribution in [0.25, 0.3) is 0 Å². The number of amides is 1. The van der Waals surface area contributed by atoms with Gasteiger partial charge in [0, 0.05) is 0 Å². The number of rotatable bonds is 3. The Morgan fingerprint density at radius 2 is 2.07 bits per heavy atom. The van der Waals surface area contributed by atoms with E-state index >= 15 is 0 Å². The molecule has 1 aromatic rings. The second-order valence-electron chi connectivity index (χ2n) is 3.27. The van der Waals surface area contributed by atoms with Gasteiger partial charge in [-0.2, -0.15) is 0 Å². The number of carbonyl (C=O) groups is 2. The van der Waals surface area contributed by atoms with E-state index in [4.69, 9.17) is 4.74 Å². The van der Waals surface area contributed by atoms with Crippen molar-refractivity contribution >= 4 is 17.9 Å². The van der Waals surface area contributed by atoms with Gasteiger partial charge in [-0.3, -0.25) is 9.59 Å². The first kappa shape index (κ1) is 11.2. The van der Waals surface area contributed by atoms with Crippen molar-refractivity contribution in [3.05, 3.63) is 23.3 Å². The number of carbonyl (C=O) groups excluding carboxylic acids is 2. The molecule has 4 heteroatoms. The van der Waals surface area contributed by atoms with E-state index in [0.29, 0.717) is 11.4 Å². The van der Waals surface area contributed by atoms with Gasteiger partial charge in [0.05, 0.1) is 12.8 Å². The number of nitrogens with one attached hydrogen (secondary N) is 1. The Morgan fingerprint density at radius 1 is 1.40 bits per heavy atom. The van der Waals surface area contributed by atoms with Gasteiger partial charge in [0.1, 0.15) is 5.75 Å². The van der Waals surface area contributed by atoms with Gasteiger partial charge in [-0.15, -0.1) is 0 Å². The van der Waals surface area contributed by atoms with Gasteiger partial charge >= 0.3 is 0 Å². The topological polar surface area (TPSA) is 55.4 Å². The molecule has 0 aliphatic heterocycles. The second kappa shape index (κ2) is 4.59. The molecule has 0 heterocycles. The fourth-order valence-electron chi connectivity index (χ4n) is 1.48. The highest BCUT2D eigenvalue weighted by molar-refractivity contribution is 6.29. The van der Waals surface area contributed by atoms with E-state index in [-0.39, 0.29) is 6.29 Å². The third kappa shape index (κ3) is 2.56. The summed E-state index contributed by atoms with van der Waals surface area (Å²) in [6, 6.07) is 3.70. The van der Waals surface area contributed by atoms with Crippen molar-refractivity contribution in [2.75, 3.05) is 12.4 Å². The SMILES string of the molecule is COc1c(C)cc(C)cc1NC(=O)C=O. The summed E-state index contributed by atoms with van der Waals surface area (Å²) in [7, 11) is 1.52. The normalized spacial score (nSPS) is 9.53. The minimum absolute atomic E-state index is 0.233. The van der Waals surface area contributed by atoms with Gasteiger partial charge < -0.3 is 10.1 Å². The van der Waals surface area contributed by atoms with Gasteiger partial charge in [-0.05, 0) is 31.0 Å². The monoisotopic (exact) mass is 207 g/mol. The number of hydrogen-bond donors (Lipinski definition) is 1. The highest BCUT2D eigenvalue weighted by Crippen LogP contribution is 2.29. The van der Waals surface area contributed by atoms with E-state index in [9.17, 15) is 9.59 Å². The van der Waals surface area contributed by atoms with Crippen LogP contribution in [0.2, 0.25) is 0 Å². The fourth-order valence-corrected chi connectivity index (χ4v) is 1.48. The lowest BCUT2D eigenvalue weighted by Crippen LogP contribution is -2.13. The van der Waals surface area contributed by atoms with Crippen molar-refractivity contribution in [3.63, 3.8) is 0 Å². The molecule has 1 aromatic carbocycles. The first-order chi connectivity index (χ1) is 7.08. The van der Waals surface area contributed by atoms with Crippen LogP contribution in [0.3, 0.4) is 0 Å². The maximum atomic E-state index is 10.9. The van der Waals surface area contributed by atoms with Crippen LogP contribution in [0.1, 0.15) is 11.1 Å². The summed E-state index contributed by atoms with van der Waals surface area (Å²) >= 11 is 0. The van der Waals surface area contributed by atoms with Crippen molar-refractivity contribution < 1.29 is 14.3 Å². The lowest BCUT2D eigenvalue weighted by molar-refractivity contribution is -0.127. The molecule has 0 saturated carbocycles. The van der Waals surface area contributed by atoms with Gasteiger partial charge in [-0.1, -0.05) is 6.07 Å². The van der Waals surface area contributed by atoms with Crippen molar-refractivity contribution in [1.29, 1.82) is 0 Å². The van der Waals surface area contributed by atoms with E-state index < -0.39 is 5.91 Å². The number of benzene rings is 1. The van der Waals surface area contributed by atoms with Crippen LogP contribution in [0.5, 0.6) is 5.75 Å². The van der Waals surface area contributed by atoms with E-state index in [1.165, 1.54) is 7.11 Å². The summed E-state index contributed by atoms with van der Waals surface area (Å²) < 4.78 is 5.15. The highest BCUT2D eigenvalue weighted by atomic mass is 16.5. The molecular weight excluding hydrogens is 194 g/mol. The maximum Gasteiger partial charge on any atom is 0.288 e. The molecule has 0 saturated heterocycles. The van der Waals surface area contributed by atoms with Crippen LogP contribution >= 0.6 is 0 Å². The lowest BCUT2D eigenvalue weighted by atomic mass is 10.1. The standard InChI is InChI=1S/C11H13NO3/c1-7-4-8(2)11(15-3)9(5-7)12-10(14)6-13/h4-6H,1-3H3,(H,12,14). The Kier molecular flexibility index (Phi) is 3.44. The zero-order chi connectivity index (χ0) is 11.4. The van der Waals surface area contributed by atoms with Crippen LogP contribution < -0.4 is 10.1 Å². The minimum atomic E-state index is -0.682. The smallest absolute Gasteiger partial charge is 0.288 e. The Hall–Kier alpha value is -1.84. The highest BCUT2D eigenvalue weighted by Gasteiger charge is 2.09. The van der Waals surface area contributed by atoms with Crippen LogP contribution in [0.15, 0.2) is 12.1 Å². The van der Waals surface area contributed by atoms with Gasteiger partial charge in [-0.25, -0.2) is 0 Å². The fraction of sp³-hybridized carbons (Fsp3) is 0.273. The van der Waals surface area contributed by atoms with Crippen LogP contribution in [0.4, 0.5) is 5.69 Å². The number of anilines is 1. The third-order valence-corrected chi connectivity index (χ3v) is 1.99. The largest absolute Gasteiger partial charge is 0.494 e. The third-order valence-electron chi connectivity index (χ3n) is 1.99. The summed E-state index contributed by atoms with van der Waals surface area (Å²) in [6.45, 7) is 3.78. The summed E-state index contributed by atoms with van der Waals surface area (Å²) in [6.07, 6.45) is 0.233. The summed E-state index contributed by atoms with van der Waals surface area (Å²) in [5, 5.41) is 2.46. The molecule has 4 nitrogen and oxygen atoms in total. The van der Waals surface area contributed by atoms with Gasteiger partial charge in [0.15, 0.2) is 0 Å². The summed E-state index contributed by atoms with van der Waals surface area (Å²) in [5.74, 6) is -0.103. The molecule has 0 aliphatic carbocycles.